The maximum Gasteiger partial charge on any atom is 0.391 e. The first kappa shape index (κ1) is 24.6. The van der Waals surface area contributed by atoms with Crippen molar-refractivity contribution < 1.29 is 32.4 Å². The van der Waals surface area contributed by atoms with Crippen LogP contribution in [0.15, 0.2) is 30.3 Å². The van der Waals surface area contributed by atoms with Crippen molar-refractivity contribution in [3.8, 4) is 0 Å². The van der Waals surface area contributed by atoms with E-state index in [-0.39, 0.29) is 17.4 Å². The van der Waals surface area contributed by atoms with Gasteiger partial charge in [0.2, 0.25) is 12.2 Å². The van der Waals surface area contributed by atoms with Gasteiger partial charge in [-0.05, 0) is 32.3 Å². The number of carbonyl (C=O) groups is 3. The molecule has 2 amide bonds. The SMILES string of the molecule is CC(C)C(NC(=O)C(=O)C(CC(F)(F)F)N(C=O)OC(C)(C)C)c1ccccc1. The summed E-state index contributed by atoms with van der Waals surface area (Å²) in [4.78, 5) is 41.6. The van der Waals surface area contributed by atoms with Crippen molar-refractivity contribution in [3.63, 3.8) is 0 Å². The van der Waals surface area contributed by atoms with Crippen LogP contribution in [0.1, 0.15) is 52.6 Å². The maximum atomic E-state index is 13.0. The average molecular weight is 416 g/mol. The third-order valence-electron chi connectivity index (χ3n) is 3.85. The van der Waals surface area contributed by atoms with Crippen LogP contribution in [0.4, 0.5) is 13.2 Å². The summed E-state index contributed by atoms with van der Waals surface area (Å²) in [5, 5.41) is 2.75. The van der Waals surface area contributed by atoms with E-state index in [2.05, 4.69) is 5.32 Å². The third kappa shape index (κ3) is 8.23. The van der Waals surface area contributed by atoms with Gasteiger partial charge in [0, 0.05) is 0 Å². The van der Waals surface area contributed by atoms with Gasteiger partial charge in [0.05, 0.1) is 18.1 Å². The van der Waals surface area contributed by atoms with E-state index in [9.17, 15) is 27.6 Å². The first-order valence-electron chi connectivity index (χ1n) is 9.14. The molecule has 0 saturated carbocycles. The number of rotatable bonds is 9. The standard InChI is InChI=1S/C20H27F3N2O4/c1-13(2)16(14-9-7-6-8-10-14)24-18(28)17(27)15(11-20(21,22)23)25(12-26)29-19(3,4)5/h6-10,12-13,15-16H,11H2,1-5H3,(H,24,28). The Morgan fingerprint density at radius 1 is 1.14 bits per heavy atom. The van der Waals surface area contributed by atoms with Crippen LogP contribution in [0.3, 0.4) is 0 Å². The number of nitrogens with zero attached hydrogens (tertiary/aromatic N) is 1. The summed E-state index contributed by atoms with van der Waals surface area (Å²) in [6, 6.07) is 6.03. The molecule has 1 rings (SSSR count). The van der Waals surface area contributed by atoms with Crippen molar-refractivity contribution >= 4 is 18.1 Å². The zero-order valence-electron chi connectivity index (χ0n) is 17.1. The Labute approximate surface area is 168 Å². The molecule has 0 aliphatic carbocycles. The van der Waals surface area contributed by atoms with E-state index in [4.69, 9.17) is 4.84 Å². The number of hydrogen-bond donors (Lipinski definition) is 1. The molecule has 0 saturated heterocycles. The van der Waals surface area contributed by atoms with E-state index in [0.717, 1.165) is 0 Å². The van der Waals surface area contributed by atoms with Crippen LogP contribution in [0.2, 0.25) is 0 Å². The van der Waals surface area contributed by atoms with E-state index < -0.39 is 42.0 Å². The minimum Gasteiger partial charge on any atom is -0.342 e. The van der Waals surface area contributed by atoms with Crippen molar-refractivity contribution in [2.24, 2.45) is 5.92 Å². The molecular weight excluding hydrogens is 389 g/mol. The van der Waals surface area contributed by atoms with Crippen LogP contribution in [-0.2, 0) is 19.2 Å². The molecule has 0 heterocycles. The van der Waals surface area contributed by atoms with Crippen molar-refractivity contribution in [1.82, 2.24) is 10.4 Å². The molecule has 0 fully saturated rings. The zero-order valence-corrected chi connectivity index (χ0v) is 17.1. The summed E-state index contributed by atoms with van der Waals surface area (Å²) < 4.78 is 39.1. The molecule has 0 spiro atoms. The minimum atomic E-state index is -4.79. The quantitative estimate of drug-likeness (QED) is 0.379. The molecule has 0 aliphatic rings. The van der Waals surface area contributed by atoms with E-state index in [1.165, 1.54) is 20.8 Å². The number of benzene rings is 1. The number of halogens is 3. The van der Waals surface area contributed by atoms with Gasteiger partial charge in [0.15, 0.2) is 0 Å². The maximum absolute atomic E-state index is 13.0. The molecule has 2 atom stereocenters. The van der Waals surface area contributed by atoms with Crippen molar-refractivity contribution in [2.75, 3.05) is 0 Å². The lowest BCUT2D eigenvalue weighted by Crippen LogP contribution is -2.51. The van der Waals surface area contributed by atoms with Gasteiger partial charge in [-0.2, -0.15) is 13.2 Å². The van der Waals surface area contributed by atoms with Crippen LogP contribution < -0.4 is 5.32 Å². The second-order valence-electron chi connectivity index (χ2n) is 7.97. The smallest absolute Gasteiger partial charge is 0.342 e. The highest BCUT2D eigenvalue weighted by Gasteiger charge is 2.43. The lowest BCUT2D eigenvalue weighted by atomic mass is 9.95. The number of Topliss-reactive ketones (excluding diaryl/α,β-unsaturated/α-hetero) is 1. The molecule has 1 aromatic carbocycles. The Hall–Kier alpha value is -2.42. The Bertz CT molecular complexity index is 700. The summed E-state index contributed by atoms with van der Waals surface area (Å²) >= 11 is 0. The highest BCUT2D eigenvalue weighted by molar-refractivity contribution is 6.38. The second-order valence-corrected chi connectivity index (χ2v) is 7.97. The molecule has 0 bridgehead atoms. The minimum absolute atomic E-state index is 0.0238. The molecule has 0 aliphatic heterocycles. The Morgan fingerprint density at radius 3 is 2.10 bits per heavy atom. The van der Waals surface area contributed by atoms with E-state index in [1.54, 1.807) is 44.2 Å². The summed E-state index contributed by atoms with van der Waals surface area (Å²) in [5.74, 6) is -2.75. The van der Waals surface area contributed by atoms with Gasteiger partial charge in [-0.25, -0.2) is 5.06 Å². The van der Waals surface area contributed by atoms with E-state index in [0.29, 0.717) is 5.56 Å². The van der Waals surface area contributed by atoms with E-state index in [1.807, 2.05) is 0 Å². The van der Waals surface area contributed by atoms with Crippen molar-refractivity contribution in [2.45, 2.75) is 64.9 Å². The molecule has 0 radical (unpaired) electrons. The fraction of sp³-hybridized carbons (Fsp3) is 0.550. The highest BCUT2D eigenvalue weighted by atomic mass is 19.4. The third-order valence-corrected chi connectivity index (χ3v) is 3.85. The van der Waals surface area contributed by atoms with Gasteiger partial charge < -0.3 is 5.32 Å². The van der Waals surface area contributed by atoms with Crippen LogP contribution >= 0.6 is 0 Å². The Morgan fingerprint density at radius 2 is 1.69 bits per heavy atom. The summed E-state index contributed by atoms with van der Waals surface area (Å²) in [6.07, 6.45) is -6.52. The normalized spacial score (nSPS) is 14.2. The van der Waals surface area contributed by atoms with Gasteiger partial charge in [0.1, 0.15) is 6.04 Å². The number of amides is 2. The van der Waals surface area contributed by atoms with Gasteiger partial charge in [-0.15, -0.1) is 0 Å². The number of hydroxylamine groups is 2. The van der Waals surface area contributed by atoms with Crippen LogP contribution in [0.25, 0.3) is 0 Å². The van der Waals surface area contributed by atoms with Gasteiger partial charge in [-0.1, -0.05) is 44.2 Å². The van der Waals surface area contributed by atoms with Gasteiger partial charge in [-0.3, -0.25) is 19.2 Å². The Balaban J connectivity index is 3.13. The number of ketones is 1. The molecule has 1 N–H and O–H groups in total. The molecule has 2 unspecified atom stereocenters. The number of carbonyl (C=O) groups excluding carboxylic acids is 3. The van der Waals surface area contributed by atoms with Crippen molar-refractivity contribution in [1.29, 1.82) is 0 Å². The summed E-state index contributed by atoms with van der Waals surface area (Å²) in [6.45, 7) is 8.11. The van der Waals surface area contributed by atoms with Crippen LogP contribution in [0.5, 0.6) is 0 Å². The van der Waals surface area contributed by atoms with Crippen LogP contribution in [0, 0.1) is 5.92 Å². The monoisotopic (exact) mass is 416 g/mol. The lowest BCUT2D eigenvalue weighted by molar-refractivity contribution is -0.244. The molecule has 9 heteroatoms. The molecule has 29 heavy (non-hydrogen) atoms. The number of hydrogen-bond acceptors (Lipinski definition) is 4. The Kier molecular flexibility index (Phi) is 8.37. The topological polar surface area (TPSA) is 75.7 Å². The highest BCUT2D eigenvalue weighted by Crippen LogP contribution is 2.27. The average Bonchev–Trinajstić information content (AvgIpc) is 2.60. The summed E-state index contributed by atoms with van der Waals surface area (Å²) in [5.41, 5.74) is -0.347. The first-order chi connectivity index (χ1) is 13.2. The zero-order chi connectivity index (χ0) is 22.4. The molecule has 0 aromatic heterocycles. The fourth-order valence-corrected chi connectivity index (χ4v) is 2.65. The van der Waals surface area contributed by atoms with Crippen molar-refractivity contribution in [3.05, 3.63) is 35.9 Å². The first-order valence-corrected chi connectivity index (χ1v) is 9.14. The number of alkyl halides is 3. The molecule has 1 aromatic rings. The lowest BCUT2D eigenvalue weighted by Gasteiger charge is -2.32. The van der Waals surface area contributed by atoms with E-state index >= 15 is 0 Å². The molecule has 162 valence electrons. The summed E-state index contributed by atoms with van der Waals surface area (Å²) in [7, 11) is 0. The predicted molar refractivity (Wildman–Crippen MR) is 100 cm³/mol. The molecule has 6 nitrogen and oxygen atoms in total. The largest absolute Gasteiger partial charge is 0.391 e. The van der Waals surface area contributed by atoms with Gasteiger partial charge >= 0.3 is 6.18 Å². The second kappa shape index (κ2) is 9.87. The molecular formula is C20H27F3N2O4. The fourth-order valence-electron chi connectivity index (χ4n) is 2.65. The predicted octanol–water partition coefficient (Wildman–Crippen LogP) is 3.58. The van der Waals surface area contributed by atoms with Crippen LogP contribution in [-0.4, -0.2) is 41.0 Å². The van der Waals surface area contributed by atoms with Gasteiger partial charge in [0.25, 0.3) is 5.91 Å². The number of nitrogens with one attached hydrogen (secondary N) is 1.